The quantitative estimate of drug-likeness (QED) is 0.797. The van der Waals surface area contributed by atoms with Crippen LogP contribution in [-0.2, 0) is 20.7 Å². The smallest absolute Gasteiger partial charge is 0.341 e. The lowest BCUT2D eigenvalue weighted by Crippen LogP contribution is -2.38. The number of carbonyl (C=O) groups excluding carboxylic acids is 3. The standard InChI is InChI=1S/C20H19NO5S/c1-2-25-20(24)16-14(11-7-8-11)10-27-18(16)21-17(22)15-9-12-5-3-4-6-13(12)19(23)26-15/h3-6,10-11,15H,2,7-9H2,1H3,(H,21,22). The number of rotatable bonds is 5. The molecule has 0 bridgehead atoms. The predicted octanol–water partition coefficient (Wildman–Crippen LogP) is 3.52. The first kappa shape index (κ1) is 17.7. The summed E-state index contributed by atoms with van der Waals surface area (Å²) in [5.74, 6) is -1.02. The van der Waals surface area contributed by atoms with Gasteiger partial charge in [-0.2, -0.15) is 0 Å². The Morgan fingerprint density at radius 3 is 2.81 bits per heavy atom. The second kappa shape index (κ2) is 7.15. The molecule has 1 saturated carbocycles. The summed E-state index contributed by atoms with van der Waals surface area (Å²) in [5, 5.41) is 5.13. The van der Waals surface area contributed by atoms with Crippen LogP contribution < -0.4 is 5.32 Å². The number of benzene rings is 1. The number of carbonyl (C=O) groups is 3. The van der Waals surface area contributed by atoms with Gasteiger partial charge in [0.05, 0.1) is 17.7 Å². The summed E-state index contributed by atoms with van der Waals surface area (Å²) < 4.78 is 10.5. The lowest BCUT2D eigenvalue weighted by molar-refractivity contribution is -0.125. The first-order chi connectivity index (χ1) is 13.1. The van der Waals surface area contributed by atoms with Crippen molar-refractivity contribution in [3.8, 4) is 0 Å². The number of anilines is 1. The lowest BCUT2D eigenvalue weighted by atomic mass is 9.98. The Bertz CT molecular complexity index is 915. The van der Waals surface area contributed by atoms with Gasteiger partial charge in [0, 0.05) is 6.42 Å². The van der Waals surface area contributed by atoms with Crippen molar-refractivity contribution in [3.63, 3.8) is 0 Å². The molecule has 0 saturated heterocycles. The summed E-state index contributed by atoms with van der Waals surface area (Å²) in [5.41, 5.74) is 2.63. The van der Waals surface area contributed by atoms with Gasteiger partial charge in [-0.3, -0.25) is 4.79 Å². The van der Waals surface area contributed by atoms with E-state index in [2.05, 4.69) is 5.32 Å². The van der Waals surface area contributed by atoms with E-state index in [4.69, 9.17) is 9.47 Å². The highest BCUT2D eigenvalue weighted by Gasteiger charge is 2.35. The van der Waals surface area contributed by atoms with E-state index in [0.29, 0.717) is 28.5 Å². The van der Waals surface area contributed by atoms with Crippen LogP contribution in [-0.4, -0.2) is 30.6 Å². The molecule has 1 atom stereocenters. The number of fused-ring (bicyclic) bond motifs is 1. The fourth-order valence-electron chi connectivity index (χ4n) is 3.24. The lowest BCUT2D eigenvalue weighted by Gasteiger charge is -2.23. The average molecular weight is 385 g/mol. The van der Waals surface area contributed by atoms with Gasteiger partial charge in [0.25, 0.3) is 5.91 Å². The van der Waals surface area contributed by atoms with Crippen molar-refractivity contribution >= 4 is 34.2 Å². The van der Waals surface area contributed by atoms with Crippen LogP contribution in [0.25, 0.3) is 0 Å². The van der Waals surface area contributed by atoms with E-state index in [-0.39, 0.29) is 6.61 Å². The monoisotopic (exact) mass is 385 g/mol. The maximum Gasteiger partial charge on any atom is 0.341 e. The number of amides is 1. The van der Waals surface area contributed by atoms with Crippen LogP contribution in [0.15, 0.2) is 29.6 Å². The second-order valence-electron chi connectivity index (χ2n) is 6.63. The first-order valence-electron chi connectivity index (χ1n) is 8.96. The number of nitrogens with one attached hydrogen (secondary N) is 1. The van der Waals surface area contributed by atoms with Gasteiger partial charge in [0.1, 0.15) is 5.00 Å². The van der Waals surface area contributed by atoms with Crippen LogP contribution in [0.1, 0.15) is 57.5 Å². The minimum atomic E-state index is -0.922. The van der Waals surface area contributed by atoms with Crippen molar-refractivity contribution in [1.29, 1.82) is 0 Å². The third-order valence-corrected chi connectivity index (χ3v) is 5.65. The van der Waals surface area contributed by atoms with E-state index in [1.807, 2.05) is 17.5 Å². The molecule has 2 aliphatic rings. The molecular formula is C20H19NO5S. The number of hydrogen-bond acceptors (Lipinski definition) is 6. The van der Waals surface area contributed by atoms with Crippen molar-refractivity contribution in [1.82, 2.24) is 0 Å². The molecule has 6 nitrogen and oxygen atoms in total. The predicted molar refractivity (Wildman–Crippen MR) is 100 cm³/mol. The Kier molecular flexibility index (Phi) is 4.70. The van der Waals surface area contributed by atoms with E-state index in [1.165, 1.54) is 11.3 Å². The molecule has 1 amide bonds. The maximum absolute atomic E-state index is 12.7. The zero-order valence-corrected chi connectivity index (χ0v) is 15.6. The molecule has 1 aromatic carbocycles. The van der Waals surface area contributed by atoms with Crippen molar-refractivity contribution in [3.05, 3.63) is 51.9 Å². The maximum atomic E-state index is 12.7. The van der Waals surface area contributed by atoms with Crippen molar-refractivity contribution in [2.45, 2.75) is 38.2 Å². The molecule has 1 aromatic heterocycles. The third kappa shape index (κ3) is 3.47. The summed E-state index contributed by atoms with van der Waals surface area (Å²) in [6.07, 6.45) is 1.46. The fourth-order valence-corrected chi connectivity index (χ4v) is 4.28. The highest BCUT2D eigenvalue weighted by Crippen LogP contribution is 2.46. The van der Waals surface area contributed by atoms with Crippen molar-refractivity contribution in [2.75, 3.05) is 11.9 Å². The van der Waals surface area contributed by atoms with Crippen molar-refractivity contribution in [2.24, 2.45) is 0 Å². The van der Waals surface area contributed by atoms with Crippen LogP contribution in [0.4, 0.5) is 5.00 Å². The molecule has 27 heavy (non-hydrogen) atoms. The van der Waals surface area contributed by atoms with Crippen LogP contribution in [0.3, 0.4) is 0 Å². The molecule has 0 radical (unpaired) electrons. The summed E-state index contributed by atoms with van der Waals surface area (Å²) >= 11 is 1.30. The van der Waals surface area contributed by atoms with Crippen LogP contribution in [0.5, 0.6) is 0 Å². The summed E-state index contributed by atoms with van der Waals surface area (Å²) in [6.45, 7) is 2.02. The Labute approximate surface area is 160 Å². The van der Waals surface area contributed by atoms with Gasteiger partial charge >= 0.3 is 11.9 Å². The van der Waals surface area contributed by atoms with Crippen LogP contribution in [0.2, 0.25) is 0 Å². The SMILES string of the molecule is CCOC(=O)c1c(C2CC2)csc1NC(=O)C1Cc2ccccc2C(=O)O1. The molecule has 1 aliphatic carbocycles. The second-order valence-corrected chi connectivity index (χ2v) is 7.51. The molecular weight excluding hydrogens is 366 g/mol. The number of esters is 2. The largest absolute Gasteiger partial charge is 0.462 e. The molecule has 2 heterocycles. The van der Waals surface area contributed by atoms with Crippen LogP contribution >= 0.6 is 11.3 Å². The average Bonchev–Trinajstić information content (AvgIpc) is 3.42. The van der Waals surface area contributed by atoms with E-state index in [1.54, 1.807) is 19.1 Å². The van der Waals surface area contributed by atoms with Gasteiger partial charge in [0.2, 0.25) is 0 Å². The van der Waals surface area contributed by atoms with E-state index in [0.717, 1.165) is 24.0 Å². The Morgan fingerprint density at radius 1 is 1.30 bits per heavy atom. The first-order valence-corrected chi connectivity index (χ1v) is 9.84. The zero-order valence-electron chi connectivity index (χ0n) is 14.8. The summed E-state index contributed by atoms with van der Waals surface area (Å²) in [4.78, 5) is 37.3. The Hall–Kier alpha value is -2.67. The van der Waals surface area contributed by atoms with E-state index >= 15 is 0 Å². The van der Waals surface area contributed by atoms with Crippen molar-refractivity contribution < 1.29 is 23.9 Å². The summed E-state index contributed by atoms with van der Waals surface area (Å²) in [7, 11) is 0. The van der Waals surface area contributed by atoms with Gasteiger partial charge in [-0.25, -0.2) is 9.59 Å². The van der Waals surface area contributed by atoms with Crippen LogP contribution in [0, 0.1) is 0 Å². The summed E-state index contributed by atoms with van der Waals surface area (Å²) in [6, 6.07) is 7.09. The highest BCUT2D eigenvalue weighted by atomic mass is 32.1. The molecule has 0 spiro atoms. The molecule has 1 aliphatic heterocycles. The minimum absolute atomic E-state index is 0.267. The molecule has 1 N–H and O–H groups in total. The van der Waals surface area contributed by atoms with E-state index in [9.17, 15) is 14.4 Å². The Morgan fingerprint density at radius 2 is 2.07 bits per heavy atom. The molecule has 1 fully saturated rings. The molecule has 140 valence electrons. The number of cyclic esters (lactones) is 1. The number of thiophene rings is 1. The molecule has 2 aromatic rings. The molecule has 1 unspecified atom stereocenters. The van der Waals surface area contributed by atoms with Gasteiger partial charge in [-0.15, -0.1) is 11.3 Å². The third-order valence-electron chi connectivity index (χ3n) is 4.74. The Balaban J connectivity index is 1.55. The van der Waals surface area contributed by atoms with Gasteiger partial charge in [0.15, 0.2) is 6.10 Å². The normalized spacial score (nSPS) is 18.4. The fraction of sp³-hybridized carbons (Fsp3) is 0.350. The zero-order chi connectivity index (χ0) is 19.0. The van der Waals surface area contributed by atoms with Gasteiger partial charge in [-0.1, -0.05) is 18.2 Å². The minimum Gasteiger partial charge on any atom is -0.462 e. The van der Waals surface area contributed by atoms with Gasteiger partial charge < -0.3 is 14.8 Å². The van der Waals surface area contributed by atoms with E-state index < -0.39 is 23.9 Å². The highest BCUT2D eigenvalue weighted by molar-refractivity contribution is 7.15. The molecule has 4 rings (SSSR count). The number of hydrogen-bond donors (Lipinski definition) is 1. The van der Waals surface area contributed by atoms with Gasteiger partial charge in [-0.05, 0) is 48.3 Å². The molecule has 7 heteroatoms. The number of ether oxygens (including phenoxy) is 2. The topological polar surface area (TPSA) is 81.7 Å².